The average molecular weight is 615 g/mol. The molecule has 0 radical (unpaired) electrons. The molecule has 0 fully saturated rings. The molecule has 0 bridgehead atoms. The van der Waals surface area contributed by atoms with Gasteiger partial charge in [0.1, 0.15) is 11.5 Å². The second-order valence-corrected chi connectivity index (χ2v) is 10.9. The van der Waals surface area contributed by atoms with Crippen LogP contribution in [-0.2, 0) is 33.7 Å². The second kappa shape index (κ2) is 17.6. The van der Waals surface area contributed by atoms with Gasteiger partial charge in [-0.1, -0.05) is 54.8 Å². The summed E-state index contributed by atoms with van der Waals surface area (Å²) in [6, 6.07) is 23.2. The maximum atomic E-state index is 11.8. The molecule has 9 nitrogen and oxygen atoms in total. The van der Waals surface area contributed by atoms with Crippen molar-refractivity contribution >= 4 is 11.9 Å². The predicted octanol–water partition coefficient (Wildman–Crippen LogP) is 7.42. The van der Waals surface area contributed by atoms with E-state index in [0.29, 0.717) is 29.6 Å². The molecular weight excluding hydrogens is 572 g/mol. The highest BCUT2D eigenvalue weighted by molar-refractivity contribution is 5.89. The molecule has 238 valence electrons. The number of ether oxygens (including phenoxy) is 4. The van der Waals surface area contributed by atoms with Crippen molar-refractivity contribution in [2.45, 2.75) is 64.4 Å². The number of aromatic nitrogens is 2. The molecule has 1 heterocycles. The summed E-state index contributed by atoms with van der Waals surface area (Å²) in [6.07, 6.45) is 8.21. The first kappa shape index (κ1) is 33.2. The normalized spacial score (nSPS) is 11.5. The Balaban J connectivity index is 1.34. The van der Waals surface area contributed by atoms with Crippen molar-refractivity contribution in [1.82, 2.24) is 10.1 Å². The van der Waals surface area contributed by atoms with Crippen LogP contribution in [0, 0.1) is 5.92 Å². The molecule has 1 atom stereocenters. The quantitative estimate of drug-likeness (QED) is 0.0835. The Bertz CT molecular complexity index is 1480. The summed E-state index contributed by atoms with van der Waals surface area (Å²) < 4.78 is 26.4. The summed E-state index contributed by atoms with van der Waals surface area (Å²) in [4.78, 5) is 27.8. The number of aryl methyl sites for hydroxylation is 2. The van der Waals surface area contributed by atoms with Gasteiger partial charge in [0, 0.05) is 12.0 Å². The Morgan fingerprint density at radius 2 is 1.56 bits per heavy atom. The number of nitrogens with zero attached hydrogens (tertiary/aromatic N) is 2. The van der Waals surface area contributed by atoms with Crippen LogP contribution in [0.25, 0.3) is 11.5 Å². The van der Waals surface area contributed by atoms with Crippen LogP contribution in [0.5, 0.6) is 11.5 Å². The van der Waals surface area contributed by atoms with Gasteiger partial charge in [0.25, 0.3) is 5.89 Å². The van der Waals surface area contributed by atoms with E-state index < -0.39 is 0 Å². The summed E-state index contributed by atoms with van der Waals surface area (Å²) in [5, 5.41) is 4.10. The van der Waals surface area contributed by atoms with Gasteiger partial charge >= 0.3 is 11.9 Å². The van der Waals surface area contributed by atoms with Crippen LogP contribution >= 0.6 is 0 Å². The zero-order valence-electron chi connectivity index (χ0n) is 26.3. The SMILES string of the molecule is COC(=O)CCCCC[C@H](CCc1ccc(C(=O)OC)cc1)CCc1ccccc1OCc1noc(-c2ccc(OC)cc2)n1. The third kappa shape index (κ3) is 10.5. The van der Waals surface area contributed by atoms with Gasteiger partial charge in [-0.2, -0.15) is 4.98 Å². The number of hydrogen-bond acceptors (Lipinski definition) is 9. The highest BCUT2D eigenvalue weighted by atomic mass is 16.5. The van der Waals surface area contributed by atoms with Crippen molar-refractivity contribution in [3.63, 3.8) is 0 Å². The van der Waals surface area contributed by atoms with Gasteiger partial charge in [0.15, 0.2) is 6.61 Å². The van der Waals surface area contributed by atoms with Gasteiger partial charge in [0.05, 0.1) is 26.9 Å². The molecule has 0 saturated carbocycles. The Kier molecular flexibility index (Phi) is 13.0. The van der Waals surface area contributed by atoms with E-state index in [-0.39, 0.29) is 18.5 Å². The van der Waals surface area contributed by atoms with Crippen molar-refractivity contribution in [3.8, 4) is 23.0 Å². The summed E-state index contributed by atoms with van der Waals surface area (Å²) >= 11 is 0. The summed E-state index contributed by atoms with van der Waals surface area (Å²) in [6.45, 7) is 0.196. The number of carbonyl (C=O) groups is 2. The van der Waals surface area contributed by atoms with Crippen LogP contribution in [0.1, 0.15) is 72.3 Å². The van der Waals surface area contributed by atoms with Crippen LogP contribution in [0.3, 0.4) is 0 Å². The van der Waals surface area contributed by atoms with E-state index in [0.717, 1.165) is 74.0 Å². The Morgan fingerprint density at radius 3 is 2.29 bits per heavy atom. The number of hydrogen-bond donors (Lipinski definition) is 0. The Hall–Kier alpha value is -4.66. The van der Waals surface area contributed by atoms with Crippen LogP contribution in [0.4, 0.5) is 0 Å². The van der Waals surface area contributed by atoms with Gasteiger partial charge < -0.3 is 23.5 Å². The molecule has 4 aromatic rings. The minimum Gasteiger partial charge on any atom is -0.497 e. The number of carbonyl (C=O) groups excluding carboxylic acids is 2. The third-order valence-electron chi connectivity index (χ3n) is 7.89. The van der Waals surface area contributed by atoms with Gasteiger partial charge in [-0.15, -0.1) is 0 Å². The van der Waals surface area contributed by atoms with E-state index in [1.165, 1.54) is 19.8 Å². The molecule has 3 aromatic carbocycles. The van der Waals surface area contributed by atoms with Crippen LogP contribution in [0.2, 0.25) is 0 Å². The molecule has 0 spiro atoms. The smallest absolute Gasteiger partial charge is 0.337 e. The first-order chi connectivity index (χ1) is 22.0. The largest absolute Gasteiger partial charge is 0.497 e. The maximum absolute atomic E-state index is 11.8. The summed E-state index contributed by atoms with van der Waals surface area (Å²) in [7, 11) is 4.44. The highest BCUT2D eigenvalue weighted by Crippen LogP contribution is 2.27. The van der Waals surface area contributed by atoms with Crippen molar-refractivity contribution in [1.29, 1.82) is 0 Å². The molecule has 0 aliphatic heterocycles. The lowest BCUT2D eigenvalue weighted by atomic mass is 9.88. The Morgan fingerprint density at radius 1 is 0.800 bits per heavy atom. The number of unbranched alkanes of at least 4 members (excludes halogenated alkanes) is 2. The zero-order valence-corrected chi connectivity index (χ0v) is 26.3. The predicted molar refractivity (Wildman–Crippen MR) is 170 cm³/mol. The second-order valence-electron chi connectivity index (χ2n) is 10.9. The fourth-order valence-electron chi connectivity index (χ4n) is 5.23. The standard InChI is InChI=1S/C36H42N2O7/c1-41-31-23-21-29(22-24-31)35-37-33(38-45-35)25-44-32-11-8-7-10-28(32)18-15-26(9-5-4-6-12-34(39)42-2)13-14-27-16-19-30(20-17-27)36(40)43-3/h7-8,10-11,16-17,19-24,26H,4-6,9,12-15,18,25H2,1-3H3/t26-/m1/s1. The summed E-state index contributed by atoms with van der Waals surface area (Å²) in [5.74, 6) is 2.47. The fourth-order valence-corrected chi connectivity index (χ4v) is 5.23. The van der Waals surface area contributed by atoms with Gasteiger partial charge in [-0.05, 0) is 91.6 Å². The first-order valence-electron chi connectivity index (χ1n) is 15.4. The van der Waals surface area contributed by atoms with Crippen molar-refractivity contribution in [2.24, 2.45) is 5.92 Å². The molecule has 9 heteroatoms. The maximum Gasteiger partial charge on any atom is 0.337 e. The minimum absolute atomic E-state index is 0.156. The molecule has 0 aliphatic carbocycles. The lowest BCUT2D eigenvalue weighted by molar-refractivity contribution is -0.140. The molecule has 4 rings (SSSR count). The number of rotatable bonds is 18. The summed E-state index contributed by atoms with van der Waals surface area (Å²) in [5.41, 5.74) is 3.69. The molecule has 0 N–H and O–H groups in total. The van der Waals surface area contributed by atoms with E-state index in [2.05, 4.69) is 16.2 Å². The molecule has 0 unspecified atom stereocenters. The number of para-hydroxylation sites is 1. The number of benzene rings is 3. The molecule has 45 heavy (non-hydrogen) atoms. The molecule has 0 saturated heterocycles. The van der Waals surface area contributed by atoms with Gasteiger partial charge in [0.2, 0.25) is 5.82 Å². The highest BCUT2D eigenvalue weighted by Gasteiger charge is 2.15. The molecule has 1 aromatic heterocycles. The van der Waals surface area contributed by atoms with E-state index in [1.54, 1.807) is 7.11 Å². The van der Waals surface area contributed by atoms with Gasteiger partial charge in [-0.25, -0.2) is 4.79 Å². The van der Waals surface area contributed by atoms with Crippen molar-refractivity contribution < 1.29 is 33.1 Å². The zero-order chi connectivity index (χ0) is 31.9. The lowest BCUT2D eigenvalue weighted by Gasteiger charge is -2.18. The fraction of sp³-hybridized carbons (Fsp3) is 0.389. The van der Waals surface area contributed by atoms with Crippen molar-refractivity contribution in [3.05, 3.63) is 95.3 Å². The van der Waals surface area contributed by atoms with Crippen LogP contribution in [0.15, 0.2) is 77.3 Å². The minimum atomic E-state index is -0.329. The monoisotopic (exact) mass is 614 g/mol. The molecule has 0 amide bonds. The average Bonchev–Trinajstić information content (AvgIpc) is 3.57. The van der Waals surface area contributed by atoms with E-state index in [1.807, 2.05) is 66.7 Å². The van der Waals surface area contributed by atoms with Gasteiger partial charge in [-0.3, -0.25) is 4.79 Å². The number of esters is 2. The molecular formula is C36H42N2O7. The third-order valence-corrected chi connectivity index (χ3v) is 7.89. The van der Waals surface area contributed by atoms with E-state index >= 15 is 0 Å². The topological polar surface area (TPSA) is 110 Å². The Labute approximate surface area is 264 Å². The molecule has 0 aliphatic rings. The van der Waals surface area contributed by atoms with E-state index in [9.17, 15) is 9.59 Å². The van der Waals surface area contributed by atoms with Crippen LogP contribution < -0.4 is 9.47 Å². The van der Waals surface area contributed by atoms with Crippen molar-refractivity contribution in [2.75, 3.05) is 21.3 Å². The van der Waals surface area contributed by atoms with Crippen LogP contribution in [-0.4, -0.2) is 43.4 Å². The lowest BCUT2D eigenvalue weighted by Crippen LogP contribution is -2.07. The first-order valence-corrected chi connectivity index (χ1v) is 15.4. The number of methoxy groups -OCH3 is 3. The van der Waals surface area contributed by atoms with E-state index in [4.69, 9.17) is 23.5 Å².